The number of imide groups is 1. The van der Waals surface area contributed by atoms with Crippen LogP contribution in [0.15, 0.2) is 24.3 Å². The Balaban J connectivity index is 2.34. The Morgan fingerprint density at radius 2 is 1.60 bits per heavy atom. The molecule has 0 unspecified atom stereocenters. The van der Waals surface area contributed by atoms with Crippen LogP contribution in [0.5, 0.6) is 0 Å². The number of carboxylic acid groups (broad SMARTS) is 1. The SMILES string of the molecule is CC(C)C[C@H](CN1C(=O)c2ccccc2C1=O)N(C(=O)O)C(C)(C)C. The van der Waals surface area contributed by atoms with Gasteiger partial charge in [-0.1, -0.05) is 26.0 Å². The lowest BCUT2D eigenvalue weighted by Crippen LogP contribution is -2.55. The van der Waals surface area contributed by atoms with Crippen LogP contribution in [-0.2, 0) is 0 Å². The average Bonchev–Trinajstić information content (AvgIpc) is 2.70. The molecule has 2 rings (SSSR count). The molecule has 6 nitrogen and oxygen atoms in total. The van der Waals surface area contributed by atoms with E-state index >= 15 is 0 Å². The number of carbonyl (C=O) groups excluding carboxylic acids is 2. The summed E-state index contributed by atoms with van der Waals surface area (Å²) < 4.78 is 0. The van der Waals surface area contributed by atoms with Crippen LogP contribution >= 0.6 is 0 Å². The Morgan fingerprint density at radius 1 is 1.12 bits per heavy atom. The molecular weight excluding hydrogens is 320 g/mol. The molecular formula is C19H26N2O4. The van der Waals surface area contributed by atoms with E-state index < -0.39 is 17.7 Å². The summed E-state index contributed by atoms with van der Waals surface area (Å²) in [5.41, 5.74) is 0.131. The Kier molecular flexibility index (Phi) is 5.20. The minimum absolute atomic E-state index is 0.0636. The molecule has 0 aromatic heterocycles. The first-order chi connectivity index (χ1) is 11.5. The molecule has 0 radical (unpaired) electrons. The Morgan fingerprint density at radius 3 is 1.96 bits per heavy atom. The number of benzene rings is 1. The summed E-state index contributed by atoms with van der Waals surface area (Å²) in [6.07, 6.45) is -0.480. The van der Waals surface area contributed by atoms with Gasteiger partial charge in [0.1, 0.15) is 0 Å². The van der Waals surface area contributed by atoms with E-state index in [1.165, 1.54) is 9.80 Å². The lowest BCUT2D eigenvalue weighted by atomic mass is 9.96. The van der Waals surface area contributed by atoms with E-state index in [1.54, 1.807) is 24.3 Å². The Labute approximate surface area is 148 Å². The van der Waals surface area contributed by atoms with Crippen molar-refractivity contribution in [2.75, 3.05) is 6.54 Å². The average molecular weight is 346 g/mol. The van der Waals surface area contributed by atoms with Crippen molar-refractivity contribution in [1.82, 2.24) is 9.80 Å². The summed E-state index contributed by atoms with van der Waals surface area (Å²) in [4.78, 5) is 39.6. The normalized spacial score (nSPS) is 15.5. The predicted octanol–water partition coefficient (Wildman–Crippen LogP) is 3.48. The molecule has 25 heavy (non-hydrogen) atoms. The Bertz CT molecular complexity index is 656. The highest BCUT2D eigenvalue weighted by molar-refractivity contribution is 6.21. The van der Waals surface area contributed by atoms with Gasteiger partial charge in [0.15, 0.2) is 0 Å². The highest BCUT2D eigenvalue weighted by atomic mass is 16.4. The molecule has 1 aliphatic rings. The third kappa shape index (κ3) is 3.83. The number of fused-ring (bicyclic) bond motifs is 1. The van der Waals surface area contributed by atoms with Gasteiger partial charge in [0, 0.05) is 12.1 Å². The molecule has 0 saturated carbocycles. The summed E-state index contributed by atoms with van der Waals surface area (Å²) in [5.74, 6) is -0.480. The van der Waals surface area contributed by atoms with Gasteiger partial charge >= 0.3 is 6.09 Å². The summed E-state index contributed by atoms with van der Waals surface area (Å²) in [5, 5.41) is 9.71. The van der Waals surface area contributed by atoms with Crippen molar-refractivity contribution in [2.45, 2.75) is 52.6 Å². The third-order valence-electron chi connectivity index (χ3n) is 4.31. The summed E-state index contributed by atoms with van der Waals surface area (Å²) in [6.45, 7) is 9.51. The van der Waals surface area contributed by atoms with Gasteiger partial charge in [0.25, 0.3) is 11.8 Å². The standard InChI is InChI=1S/C19H26N2O4/c1-12(2)10-13(21(18(24)25)19(3,4)5)11-20-16(22)14-8-6-7-9-15(14)17(20)23/h6-9,12-13H,10-11H2,1-5H3,(H,24,25)/t13-/m1/s1. The molecule has 1 N–H and O–H groups in total. The molecule has 1 aromatic carbocycles. The smallest absolute Gasteiger partial charge is 0.408 e. The van der Waals surface area contributed by atoms with Gasteiger partial charge in [-0.25, -0.2) is 4.79 Å². The van der Waals surface area contributed by atoms with Crippen LogP contribution in [0.25, 0.3) is 0 Å². The van der Waals surface area contributed by atoms with Gasteiger partial charge in [-0.2, -0.15) is 0 Å². The van der Waals surface area contributed by atoms with Crippen molar-refractivity contribution in [3.8, 4) is 0 Å². The van der Waals surface area contributed by atoms with Gasteiger partial charge in [-0.15, -0.1) is 0 Å². The molecule has 0 saturated heterocycles. The first kappa shape index (κ1) is 19.0. The molecule has 6 heteroatoms. The molecule has 0 aliphatic carbocycles. The molecule has 136 valence electrons. The lowest BCUT2D eigenvalue weighted by molar-refractivity contribution is 0.0386. The van der Waals surface area contributed by atoms with Gasteiger partial charge in [0.2, 0.25) is 0 Å². The highest BCUT2D eigenvalue weighted by Crippen LogP contribution is 2.27. The molecule has 1 aliphatic heterocycles. The van der Waals surface area contributed by atoms with Crippen LogP contribution in [0.4, 0.5) is 4.79 Å². The zero-order valence-corrected chi connectivity index (χ0v) is 15.4. The minimum Gasteiger partial charge on any atom is -0.465 e. The van der Waals surface area contributed by atoms with Crippen molar-refractivity contribution in [2.24, 2.45) is 5.92 Å². The van der Waals surface area contributed by atoms with E-state index in [0.29, 0.717) is 17.5 Å². The molecule has 0 spiro atoms. The zero-order chi connectivity index (χ0) is 18.9. The first-order valence-electron chi connectivity index (χ1n) is 8.51. The molecule has 0 bridgehead atoms. The summed E-state index contributed by atoms with van der Waals surface area (Å²) in [7, 11) is 0. The number of carbonyl (C=O) groups is 3. The van der Waals surface area contributed by atoms with E-state index in [-0.39, 0.29) is 24.3 Å². The van der Waals surface area contributed by atoms with Crippen LogP contribution in [-0.4, -0.2) is 50.9 Å². The van der Waals surface area contributed by atoms with Gasteiger partial charge in [0.05, 0.1) is 17.2 Å². The molecule has 1 heterocycles. The van der Waals surface area contributed by atoms with Gasteiger partial charge in [-0.05, 0) is 45.2 Å². The third-order valence-corrected chi connectivity index (χ3v) is 4.31. The fourth-order valence-corrected chi connectivity index (χ4v) is 3.41. The molecule has 3 amide bonds. The van der Waals surface area contributed by atoms with Crippen LogP contribution in [0.2, 0.25) is 0 Å². The van der Waals surface area contributed by atoms with Gasteiger partial charge in [-0.3, -0.25) is 19.4 Å². The van der Waals surface area contributed by atoms with Crippen LogP contribution in [0, 0.1) is 5.92 Å². The predicted molar refractivity (Wildman–Crippen MR) is 94.7 cm³/mol. The fraction of sp³-hybridized carbons (Fsp3) is 0.526. The van der Waals surface area contributed by atoms with Crippen molar-refractivity contribution < 1.29 is 19.5 Å². The van der Waals surface area contributed by atoms with Crippen molar-refractivity contribution in [3.63, 3.8) is 0 Å². The maximum absolute atomic E-state index is 12.6. The fourth-order valence-electron chi connectivity index (χ4n) is 3.41. The highest BCUT2D eigenvalue weighted by Gasteiger charge is 2.40. The van der Waals surface area contributed by atoms with Crippen molar-refractivity contribution in [1.29, 1.82) is 0 Å². The van der Waals surface area contributed by atoms with E-state index in [4.69, 9.17) is 0 Å². The number of nitrogens with zero attached hydrogens (tertiary/aromatic N) is 2. The van der Waals surface area contributed by atoms with E-state index in [1.807, 2.05) is 34.6 Å². The largest absolute Gasteiger partial charge is 0.465 e. The second-order valence-electron chi connectivity index (χ2n) is 7.87. The minimum atomic E-state index is -1.05. The van der Waals surface area contributed by atoms with Crippen LogP contribution in [0.3, 0.4) is 0 Å². The number of amides is 3. The van der Waals surface area contributed by atoms with E-state index in [0.717, 1.165) is 0 Å². The zero-order valence-electron chi connectivity index (χ0n) is 15.4. The lowest BCUT2D eigenvalue weighted by Gasteiger charge is -2.41. The van der Waals surface area contributed by atoms with Crippen LogP contribution < -0.4 is 0 Å². The monoisotopic (exact) mass is 346 g/mol. The Hall–Kier alpha value is -2.37. The second kappa shape index (κ2) is 6.86. The number of hydrogen-bond acceptors (Lipinski definition) is 3. The van der Waals surface area contributed by atoms with Gasteiger partial charge < -0.3 is 5.11 Å². The number of rotatable bonds is 5. The number of hydrogen-bond donors (Lipinski definition) is 1. The summed E-state index contributed by atoms with van der Waals surface area (Å²) >= 11 is 0. The van der Waals surface area contributed by atoms with E-state index in [2.05, 4.69) is 0 Å². The van der Waals surface area contributed by atoms with Crippen molar-refractivity contribution in [3.05, 3.63) is 35.4 Å². The molecule has 0 fully saturated rings. The maximum atomic E-state index is 12.6. The maximum Gasteiger partial charge on any atom is 0.408 e. The first-order valence-corrected chi connectivity index (χ1v) is 8.51. The van der Waals surface area contributed by atoms with Crippen LogP contribution in [0.1, 0.15) is 61.8 Å². The quantitative estimate of drug-likeness (QED) is 0.828. The van der Waals surface area contributed by atoms with E-state index in [9.17, 15) is 19.5 Å². The molecule has 1 atom stereocenters. The van der Waals surface area contributed by atoms with Crippen molar-refractivity contribution >= 4 is 17.9 Å². The molecule has 1 aromatic rings. The second-order valence-corrected chi connectivity index (χ2v) is 7.87. The topological polar surface area (TPSA) is 77.9 Å². The summed E-state index contributed by atoms with van der Waals surface area (Å²) in [6, 6.07) is 6.24.